The smallest absolute Gasteiger partial charge is 0.256 e. The van der Waals surface area contributed by atoms with Gasteiger partial charge in [-0.1, -0.05) is 32.0 Å². The number of carbonyl (C=O) groups is 1. The average molecular weight is 461 g/mol. The molecule has 0 saturated carbocycles. The number of anilines is 1. The summed E-state index contributed by atoms with van der Waals surface area (Å²) in [6, 6.07) is 19.1. The summed E-state index contributed by atoms with van der Waals surface area (Å²) >= 11 is 0. The number of carbonyl (C=O) groups excluding carboxylic acids is 1. The molecule has 0 unspecified atom stereocenters. The minimum absolute atomic E-state index is 0.193. The van der Waals surface area contributed by atoms with Gasteiger partial charge in [0.1, 0.15) is 0 Å². The van der Waals surface area contributed by atoms with Gasteiger partial charge in [0.2, 0.25) is 10.0 Å². The van der Waals surface area contributed by atoms with Crippen molar-refractivity contribution in [3.63, 3.8) is 0 Å². The Hall–Kier alpha value is -3.62. The number of para-hydroxylation sites is 1. The highest BCUT2D eigenvalue weighted by atomic mass is 32.2. The first kappa shape index (κ1) is 22.6. The Bertz CT molecular complexity index is 1380. The maximum Gasteiger partial charge on any atom is 0.256 e. The van der Waals surface area contributed by atoms with Gasteiger partial charge in [0.25, 0.3) is 5.91 Å². The van der Waals surface area contributed by atoms with Crippen LogP contribution in [0, 0.1) is 0 Å². The molecule has 0 bridgehead atoms. The third-order valence-electron chi connectivity index (χ3n) is 5.39. The first-order valence-electron chi connectivity index (χ1n) is 10.7. The largest absolute Gasteiger partial charge is 0.322 e. The Kier molecular flexibility index (Phi) is 6.48. The summed E-state index contributed by atoms with van der Waals surface area (Å²) in [7, 11) is -3.56. The zero-order valence-electron chi connectivity index (χ0n) is 18.4. The summed E-state index contributed by atoms with van der Waals surface area (Å²) in [5, 5.41) is 3.61. The maximum absolute atomic E-state index is 13.2. The Morgan fingerprint density at radius 3 is 2.27 bits per heavy atom. The molecule has 168 valence electrons. The molecule has 0 aliphatic carbocycles. The third kappa shape index (κ3) is 4.62. The third-order valence-corrected chi connectivity index (χ3v) is 7.46. The predicted octanol–water partition coefficient (Wildman–Crippen LogP) is 4.58. The Labute approximate surface area is 193 Å². The average Bonchev–Trinajstić information content (AvgIpc) is 2.84. The van der Waals surface area contributed by atoms with Gasteiger partial charge in [0.15, 0.2) is 0 Å². The number of fused-ring (bicyclic) bond motifs is 1. The molecule has 0 radical (unpaired) electrons. The predicted molar refractivity (Wildman–Crippen MR) is 129 cm³/mol. The molecule has 4 rings (SSSR count). The van der Waals surface area contributed by atoms with Gasteiger partial charge in [-0.25, -0.2) is 13.4 Å². The number of hydrogen-bond acceptors (Lipinski definition) is 5. The fourth-order valence-corrected chi connectivity index (χ4v) is 5.11. The molecule has 0 fully saturated rings. The summed E-state index contributed by atoms with van der Waals surface area (Å²) in [6.07, 6.45) is 3.36. The molecule has 8 heteroatoms. The monoisotopic (exact) mass is 460 g/mol. The number of rotatable bonds is 7. The SMILES string of the molecule is CCN(CC)S(=O)(=O)c1ccc(NC(=O)c2cc(-c3ccncc3)nc3ccccc23)cc1. The van der Waals surface area contributed by atoms with E-state index in [9.17, 15) is 13.2 Å². The molecule has 2 aromatic heterocycles. The number of nitrogens with one attached hydrogen (secondary N) is 1. The van der Waals surface area contributed by atoms with Crippen LogP contribution in [0.15, 0.2) is 84.0 Å². The van der Waals surface area contributed by atoms with E-state index in [4.69, 9.17) is 0 Å². The molecule has 2 aromatic carbocycles. The highest BCUT2D eigenvalue weighted by Gasteiger charge is 2.21. The van der Waals surface area contributed by atoms with Crippen molar-refractivity contribution >= 4 is 32.5 Å². The molecule has 1 amide bonds. The van der Waals surface area contributed by atoms with E-state index in [0.717, 1.165) is 10.9 Å². The van der Waals surface area contributed by atoms with Crippen molar-refractivity contribution < 1.29 is 13.2 Å². The zero-order chi connectivity index (χ0) is 23.4. The van der Waals surface area contributed by atoms with Crippen molar-refractivity contribution in [1.82, 2.24) is 14.3 Å². The van der Waals surface area contributed by atoms with Crippen LogP contribution in [-0.2, 0) is 10.0 Å². The summed E-state index contributed by atoms with van der Waals surface area (Å²) < 4.78 is 26.8. The minimum atomic E-state index is -3.56. The van der Waals surface area contributed by atoms with Gasteiger partial charge in [0, 0.05) is 42.1 Å². The van der Waals surface area contributed by atoms with Crippen LogP contribution >= 0.6 is 0 Å². The first-order valence-corrected chi connectivity index (χ1v) is 12.1. The summed E-state index contributed by atoms with van der Waals surface area (Å²) in [4.78, 5) is 22.1. The van der Waals surface area contributed by atoms with E-state index in [1.807, 2.05) is 36.4 Å². The van der Waals surface area contributed by atoms with Gasteiger partial charge in [0.05, 0.1) is 21.7 Å². The number of nitrogens with zero attached hydrogens (tertiary/aromatic N) is 3. The highest BCUT2D eigenvalue weighted by Crippen LogP contribution is 2.26. The van der Waals surface area contributed by atoms with Gasteiger partial charge in [-0.3, -0.25) is 9.78 Å². The van der Waals surface area contributed by atoms with E-state index in [1.165, 1.54) is 16.4 Å². The molecule has 4 aromatic rings. The number of benzene rings is 2. The Morgan fingerprint density at radius 2 is 1.61 bits per heavy atom. The normalized spacial score (nSPS) is 11.6. The molecule has 0 aliphatic rings. The van der Waals surface area contributed by atoms with E-state index in [-0.39, 0.29) is 10.8 Å². The van der Waals surface area contributed by atoms with Gasteiger partial charge < -0.3 is 5.32 Å². The fraction of sp³-hybridized carbons (Fsp3) is 0.160. The molecular formula is C25H24N4O3S. The second kappa shape index (κ2) is 9.48. The highest BCUT2D eigenvalue weighted by molar-refractivity contribution is 7.89. The van der Waals surface area contributed by atoms with Crippen molar-refractivity contribution in [2.75, 3.05) is 18.4 Å². The van der Waals surface area contributed by atoms with E-state index in [2.05, 4.69) is 15.3 Å². The zero-order valence-corrected chi connectivity index (χ0v) is 19.2. The Morgan fingerprint density at radius 1 is 0.939 bits per heavy atom. The summed E-state index contributed by atoms with van der Waals surface area (Å²) in [6.45, 7) is 4.39. The molecular weight excluding hydrogens is 436 g/mol. The molecule has 0 spiro atoms. The lowest BCUT2D eigenvalue weighted by atomic mass is 10.0. The van der Waals surface area contributed by atoms with Crippen molar-refractivity contribution in [2.24, 2.45) is 0 Å². The molecule has 0 aliphatic heterocycles. The van der Waals surface area contributed by atoms with Crippen molar-refractivity contribution in [1.29, 1.82) is 0 Å². The van der Waals surface area contributed by atoms with Gasteiger partial charge in [-0.15, -0.1) is 0 Å². The van der Waals surface area contributed by atoms with Gasteiger partial charge in [-0.2, -0.15) is 4.31 Å². The van der Waals surface area contributed by atoms with E-state index >= 15 is 0 Å². The number of sulfonamides is 1. The van der Waals surface area contributed by atoms with Crippen LogP contribution < -0.4 is 5.32 Å². The van der Waals surface area contributed by atoms with Crippen LogP contribution in [0.2, 0.25) is 0 Å². The van der Waals surface area contributed by atoms with E-state index < -0.39 is 10.0 Å². The summed E-state index contributed by atoms with van der Waals surface area (Å²) in [5.41, 5.74) is 3.22. The van der Waals surface area contributed by atoms with Crippen LogP contribution in [0.1, 0.15) is 24.2 Å². The van der Waals surface area contributed by atoms with Crippen LogP contribution in [0.3, 0.4) is 0 Å². The molecule has 0 saturated heterocycles. The van der Waals surface area contributed by atoms with Crippen LogP contribution in [0.4, 0.5) is 5.69 Å². The topological polar surface area (TPSA) is 92.3 Å². The van der Waals surface area contributed by atoms with Gasteiger partial charge in [-0.05, 0) is 48.5 Å². The molecule has 0 atom stereocenters. The molecule has 7 nitrogen and oxygen atoms in total. The fourth-order valence-electron chi connectivity index (χ4n) is 3.66. The molecule has 33 heavy (non-hydrogen) atoms. The lowest BCUT2D eigenvalue weighted by molar-refractivity contribution is 0.102. The maximum atomic E-state index is 13.2. The van der Waals surface area contributed by atoms with Gasteiger partial charge >= 0.3 is 0 Å². The van der Waals surface area contributed by atoms with Crippen LogP contribution in [0.25, 0.3) is 22.2 Å². The lowest BCUT2D eigenvalue weighted by Gasteiger charge is -2.18. The minimum Gasteiger partial charge on any atom is -0.322 e. The van der Waals surface area contributed by atoms with E-state index in [1.54, 1.807) is 44.4 Å². The first-order chi connectivity index (χ1) is 15.9. The van der Waals surface area contributed by atoms with Crippen molar-refractivity contribution in [3.8, 4) is 11.3 Å². The lowest BCUT2D eigenvalue weighted by Crippen LogP contribution is -2.30. The van der Waals surface area contributed by atoms with Crippen molar-refractivity contribution in [3.05, 3.63) is 84.7 Å². The second-order valence-electron chi connectivity index (χ2n) is 7.38. The quantitative estimate of drug-likeness (QED) is 0.436. The molecule has 1 N–H and O–H groups in total. The van der Waals surface area contributed by atoms with Crippen LogP contribution in [-0.4, -0.2) is 41.7 Å². The number of hydrogen-bond donors (Lipinski definition) is 1. The van der Waals surface area contributed by atoms with Crippen molar-refractivity contribution in [2.45, 2.75) is 18.7 Å². The standard InChI is InChI=1S/C25H24N4O3S/c1-3-29(4-2)33(31,32)20-11-9-19(10-12-20)27-25(30)22-17-24(18-13-15-26-16-14-18)28-23-8-6-5-7-21(22)23/h5-17H,3-4H2,1-2H3,(H,27,30). The summed E-state index contributed by atoms with van der Waals surface area (Å²) in [5.74, 6) is -0.303. The van der Waals surface area contributed by atoms with Crippen LogP contribution in [0.5, 0.6) is 0 Å². The number of pyridine rings is 2. The Balaban J connectivity index is 1.66. The number of aromatic nitrogens is 2. The van der Waals surface area contributed by atoms with E-state index in [0.29, 0.717) is 35.6 Å². The molecule has 2 heterocycles. The number of amides is 1. The second-order valence-corrected chi connectivity index (χ2v) is 9.31.